The van der Waals surface area contributed by atoms with Crippen molar-refractivity contribution in [3.05, 3.63) is 89.2 Å². The first-order valence-electron chi connectivity index (χ1n) is 13.2. The molecule has 7 heteroatoms. The van der Waals surface area contributed by atoms with Crippen molar-refractivity contribution < 1.29 is 4.79 Å². The van der Waals surface area contributed by atoms with E-state index in [2.05, 4.69) is 28.2 Å². The van der Waals surface area contributed by atoms with Gasteiger partial charge in [0.2, 0.25) is 0 Å². The third-order valence-electron chi connectivity index (χ3n) is 7.13. The van der Waals surface area contributed by atoms with Crippen LogP contribution in [-0.4, -0.2) is 53.7 Å². The van der Waals surface area contributed by atoms with Gasteiger partial charge in [0.1, 0.15) is 5.71 Å². The lowest BCUT2D eigenvalue weighted by Crippen LogP contribution is -2.31. The van der Waals surface area contributed by atoms with Gasteiger partial charge in [-0.1, -0.05) is 24.5 Å². The van der Waals surface area contributed by atoms with Crippen LogP contribution in [0.2, 0.25) is 0 Å². The summed E-state index contributed by atoms with van der Waals surface area (Å²) in [4.78, 5) is 23.6. The Balaban J connectivity index is 1.51. The van der Waals surface area contributed by atoms with E-state index >= 15 is 0 Å². The lowest BCUT2D eigenvalue weighted by Gasteiger charge is -2.28. The summed E-state index contributed by atoms with van der Waals surface area (Å²) in [5.41, 5.74) is 12.9. The number of amides is 1. The molecule has 0 radical (unpaired) electrons. The van der Waals surface area contributed by atoms with Gasteiger partial charge in [-0.25, -0.2) is 4.98 Å². The van der Waals surface area contributed by atoms with E-state index in [1.807, 2.05) is 67.5 Å². The molecule has 0 unspecified atom stereocenters. The molecule has 2 aromatic carbocycles. The number of anilines is 1. The number of pyridine rings is 2. The molecule has 0 aliphatic heterocycles. The summed E-state index contributed by atoms with van der Waals surface area (Å²) in [7, 11) is 3.96. The van der Waals surface area contributed by atoms with Gasteiger partial charge in [0.25, 0.3) is 5.91 Å². The van der Waals surface area contributed by atoms with Crippen molar-refractivity contribution in [1.82, 2.24) is 20.2 Å². The van der Waals surface area contributed by atoms with Crippen LogP contribution in [0.1, 0.15) is 52.2 Å². The van der Waals surface area contributed by atoms with Gasteiger partial charge in [0, 0.05) is 58.8 Å². The zero-order chi connectivity index (χ0) is 27.4. The number of nitrogen functional groups attached to an aromatic ring is 1. The number of benzene rings is 2. The normalized spacial score (nSPS) is 13.0. The maximum Gasteiger partial charge on any atom is 0.251 e. The van der Waals surface area contributed by atoms with Crippen LogP contribution in [0.15, 0.2) is 67.0 Å². The summed E-state index contributed by atoms with van der Waals surface area (Å²) >= 11 is 0. The molecule has 2 aromatic heterocycles. The molecule has 1 aliphatic rings. The zero-order valence-corrected chi connectivity index (χ0v) is 22.3. The van der Waals surface area contributed by atoms with Crippen LogP contribution in [0, 0.1) is 17.3 Å². The van der Waals surface area contributed by atoms with Gasteiger partial charge >= 0.3 is 0 Å². The first-order valence-corrected chi connectivity index (χ1v) is 13.2. The number of likely N-dealkylation sites (N-methyl/N-ethyl adjacent to an activating group) is 1. The number of hydrogen-bond donors (Lipinski definition) is 3. The van der Waals surface area contributed by atoms with Gasteiger partial charge in [-0.3, -0.25) is 15.2 Å². The van der Waals surface area contributed by atoms with E-state index in [-0.39, 0.29) is 11.6 Å². The molecule has 4 aromatic rings. The number of nitrogens with one attached hydrogen (secondary N) is 2. The maximum atomic E-state index is 12.5. The fourth-order valence-corrected chi connectivity index (χ4v) is 4.75. The Kier molecular flexibility index (Phi) is 7.67. The first kappa shape index (κ1) is 26.1. The minimum atomic E-state index is -0.0865. The van der Waals surface area contributed by atoms with Crippen LogP contribution < -0.4 is 11.1 Å². The molecule has 39 heavy (non-hydrogen) atoms. The number of carbonyl (C=O) groups excluding carboxylic acids is 1. The predicted octanol–water partition coefficient (Wildman–Crippen LogP) is 4.86. The van der Waals surface area contributed by atoms with Crippen molar-refractivity contribution in [2.24, 2.45) is 0 Å². The molecule has 2 heterocycles. The number of rotatable bonds is 7. The molecule has 0 bridgehead atoms. The SMILES string of the molecule is CN(C)CCNC(=O)c1ccc(-c2cc(C3CCC3)c3c(C(=N)C#Cc4ccncc4)c(N)ccc3n2)cc1. The van der Waals surface area contributed by atoms with E-state index in [1.54, 1.807) is 12.4 Å². The van der Waals surface area contributed by atoms with E-state index in [4.69, 9.17) is 16.1 Å². The molecule has 1 aliphatic carbocycles. The largest absolute Gasteiger partial charge is 0.398 e. The molecule has 1 amide bonds. The Hall–Kier alpha value is -4.54. The van der Waals surface area contributed by atoms with E-state index in [1.165, 1.54) is 6.42 Å². The Morgan fingerprint density at radius 2 is 1.85 bits per heavy atom. The summed E-state index contributed by atoms with van der Waals surface area (Å²) in [6.07, 6.45) is 6.73. The second-order valence-electron chi connectivity index (χ2n) is 10.1. The highest BCUT2D eigenvalue weighted by molar-refractivity contribution is 6.21. The summed E-state index contributed by atoms with van der Waals surface area (Å²) in [5, 5.41) is 12.7. The molecule has 1 fully saturated rings. The fraction of sp³-hybridized carbons (Fsp3) is 0.250. The van der Waals surface area contributed by atoms with Gasteiger partial charge in [-0.15, -0.1) is 0 Å². The Morgan fingerprint density at radius 3 is 2.51 bits per heavy atom. The highest BCUT2D eigenvalue weighted by atomic mass is 16.1. The van der Waals surface area contributed by atoms with Crippen LogP contribution in [0.5, 0.6) is 0 Å². The highest BCUT2D eigenvalue weighted by Gasteiger charge is 2.25. The topological polar surface area (TPSA) is 108 Å². The molecule has 5 rings (SSSR count). The second kappa shape index (κ2) is 11.5. The predicted molar refractivity (Wildman–Crippen MR) is 157 cm³/mol. The summed E-state index contributed by atoms with van der Waals surface area (Å²) in [6.45, 7) is 1.38. The number of hydrogen-bond acceptors (Lipinski definition) is 6. The van der Waals surface area contributed by atoms with Crippen LogP contribution in [0.3, 0.4) is 0 Å². The Labute approximate surface area is 229 Å². The Morgan fingerprint density at radius 1 is 1.10 bits per heavy atom. The number of nitrogens with zero attached hydrogens (tertiary/aromatic N) is 3. The van der Waals surface area contributed by atoms with Crippen molar-refractivity contribution >= 4 is 28.2 Å². The van der Waals surface area contributed by atoms with Crippen LogP contribution in [0.4, 0.5) is 5.69 Å². The van der Waals surface area contributed by atoms with Crippen molar-refractivity contribution in [3.63, 3.8) is 0 Å². The van der Waals surface area contributed by atoms with Crippen LogP contribution in [-0.2, 0) is 0 Å². The number of fused-ring (bicyclic) bond motifs is 1. The zero-order valence-electron chi connectivity index (χ0n) is 22.3. The summed E-state index contributed by atoms with van der Waals surface area (Å²) in [5.74, 6) is 6.35. The molecule has 0 saturated heterocycles. The maximum absolute atomic E-state index is 12.5. The molecule has 4 N–H and O–H groups in total. The van der Waals surface area contributed by atoms with Crippen molar-refractivity contribution in [2.45, 2.75) is 25.2 Å². The van der Waals surface area contributed by atoms with E-state index in [0.717, 1.165) is 52.7 Å². The molecular formula is C32H32N6O. The third kappa shape index (κ3) is 5.82. The molecule has 0 spiro atoms. The van der Waals surface area contributed by atoms with E-state index in [9.17, 15) is 4.79 Å². The molecule has 7 nitrogen and oxygen atoms in total. The fourth-order valence-electron chi connectivity index (χ4n) is 4.75. The van der Waals surface area contributed by atoms with Gasteiger partial charge < -0.3 is 16.0 Å². The molecule has 1 saturated carbocycles. The van der Waals surface area contributed by atoms with Gasteiger partial charge in [-0.05, 0) is 86.8 Å². The van der Waals surface area contributed by atoms with Gasteiger partial charge in [-0.2, -0.15) is 0 Å². The van der Waals surface area contributed by atoms with Gasteiger partial charge in [0.15, 0.2) is 0 Å². The first-order chi connectivity index (χ1) is 18.9. The molecule has 196 valence electrons. The van der Waals surface area contributed by atoms with Crippen LogP contribution >= 0.6 is 0 Å². The lowest BCUT2D eigenvalue weighted by atomic mass is 9.77. The molecule has 0 atom stereocenters. The summed E-state index contributed by atoms with van der Waals surface area (Å²) in [6, 6.07) is 17.1. The van der Waals surface area contributed by atoms with Crippen molar-refractivity contribution in [2.75, 3.05) is 32.9 Å². The third-order valence-corrected chi connectivity index (χ3v) is 7.13. The highest BCUT2D eigenvalue weighted by Crippen LogP contribution is 2.42. The van der Waals surface area contributed by atoms with Crippen molar-refractivity contribution in [1.29, 1.82) is 5.41 Å². The van der Waals surface area contributed by atoms with E-state index < -0.39 is 0 Å². The Bertz CT molecular complexity index is 1580. The number of aromatic nitrogens is 2. The second-order valence-corrected chi connectivity index (χ2v) is 10.1. The number of carbonyl (C=O) groups is 1. The lowest BCUT2D eigenvalue weighted by molar-refractivity contribution is 0.0951. The van der Waals surface area contributed by atoms with E-state index in [0.29, 0.717) is 29.3 Å². The van der Waals surface area contributed by atoms with Crippen LogP contribution in [0.25, 0.3) is 22.2 Å². The minimum Gasteiger partial charge on any atom is -0.398 e. The summed E-state index contributed by atoms with van der Waals surface area (Å²) < 4.78 is 0. The number of nitrogens with two attached hydrogens (primary N) is 1. The van der Waals surface area contributed by atoms with Crippen molar-refractivity contribution in [3.8, 4) is 23.1 Å². The minimum absolute atomic E-state index is 0.0865. The quantitative estimate of drug-likeness (QED) is 0.185. The van der Waals surface area contributed by atoms with Gasteiger partial charge in [0.05, 0.1) is 11.2 Å². The molecular weight excluding hydrogens is 484 g/mol. The smallest absolute Gasteiger partial charge is 0.251 e. The standard InChI is InChI=1S/C32H32N6O/c1-38(2)19-18-36-32(39)24-9-7-23(8-10-24)29-20-25(22-4-3-5-22)30-28(37-29)13-12-27(34)31(30)26(33)11-6-21-14-16-35-17-15-21/h7-10,12-17,20,22,33H,3-5,18-19,34H2,1-2H3,(H,36,39). The average Bonchev–Trinajstić information content (AvgIpc) is 2.91. The monoisotopic (exact) mass is 516 g/mol. The average molecular weight is 517 g/mol.